The molecule has 2 atom stereocenters. The van der Waals surface area contributed by atoms with Crippen molar-refractivity contribution in [2.24, 2.45) is 23.7 Å². The Morgan fingerprint density at radius 2 is 1.75 bits per heavy atom. The Bertz CT molecular complexity index is 191. The topological polar surface area (TPSA) is 23.9 Å². The molecule has 0 amide bonds. The molecule has 0 radical (unpaired) electrons. The molecule has 0 spiro atoms. The summed E-state index contributed by atoms with van der Waals surface area (Å²) in [6, 6.07) is 0. The molecule has 3 saturated carbocycles. The second-order valence-corrected chi connectivity index (χ2v) is 4.97. The quantitative estimate of drug-likeness (QED) is 0.570. The first kappa shape index (κ1) is 8.28. The van der Waals surface area contributed by atoms with Crippen LogP contribution in [0.25, 0.3) is 0 Å². The second kappa shape index (κ2) is 2.86. The summed E-state index contributed by atoms with van der Waals surface area (Å²) in [4.78, 5) is 0. The molecule has 0 aromatic carbocycles. The van der Waals surface area contributed by atoms with E-state index in [1.54, 1.807) is 0 Å². The Morgan fingerprint density at radius 3 is 2.42 bits per heavy atom. The zero-order chi connectivity index (χ0) is 8.72. The molecule has 68 valence electrons. The van der Waals surface area contributed by atoms with Crippen LogP contribution in [-0.4, -0.2) is 5.71 Å². The standard InChI is InChI=1S/C11H19N/c1-7-3-8(2)11(12)10-5-9(4-7)6-10/h7-10,12H,3-6H2,1-2H3. The molecule has 0 saturated heterocycles. The lowest BCUT2D eigenvalue weighted by atomic mass is 9.63. The summed E-state index contributed by atoms with van der Waals surface area (Å²) >= 11 is 0. The van der Waals surface area contributed by atoms with Crippen molar-refractivity contribution in [2.75, 3.05) is 0 Å². The van der Waals surface area contributed by atoms with E-state index in [1.807, 2.05) is 0 Å². The highest BCUT2D eigenvalue weighted by Gasteiger charge is 2.37. The molecule has 3 fully saturated rings. The average molecular weight is 165 g/mol. The number of rotatable bonds is 0. The molecule has 2 bridgehead atoms. The number of fused-ring (bicyclic) bond motifs is 4. The van der Waals surface area contributed by atoms with Gasteiger partial charge in [-0.3, -0.25) is 0 Å². The highest BCUT2D eigenvalue weighted by molar-refractivity contribution is 5.86. The van der Waals surface area contributed by atoms with E-state index < -0.39 is 0 Å². The van der Waals surface area contributed by atoms with E-state index in [0.717, 1.165) is 17.5 Å². The fraction of sp³-hybridized carbons (Fsp3) is 0.909. The first-order valence-electron chi connectivity index (χ1n) is 5.25. The summed E-state index contributed by atoms with van der Waals surface area (Å²) in [5, 5.41) is 7.97. The maximum absolute atomic E-state index is 7.97. The number of nitrogens with one attached hydrogen (secondary N) is 1. The molecule has 0 aromatic heterocycles. The van der Waals surface area contributed by atoms with Crippen LogP contribution in [0.15, 0.2) is 0 Å². The first-order chi connectivity index (χ1) is 5.66. The maximum atomic E-state index is 7.97. The van der Waals surface area contributed by atoms with E-state index in [2.05, 4.69) is 13.8 Å². The van der Waals surface area contributed by atoms with Crippen LogP contribution in [0.1, 0.15) is 39.5 Å². The summed E-state index contributed by atoms with van der Waals surface area (Å²) < 4.78 is 0. The Labute approximate surface area is 75.1 Å². The van der Waals surface area contributed by atoms with Crippen molar-refractivity contribution in [2.45, 2.75) is 39.5 Å². The van der Waals surface area contributed by atoms with Crippen LogP contribution < -0.4 is 0 Å². The van der Waals surface area contributed by atoms with Gasteiger partial charge in [0.25, 0.3) is 0 Å². The highest BCUT2D eigenvalue weighted by atomic mass is 14.5. The van der Waals surface area contributed by atoms with Crippen molar-refractivity contribution in [3.8, 4) is 0 Å². The minimum atomic E-state index is 0.561. The van der Waals surface area contributed by atoms with Crippen LogP contribution in [0.5, 0.6) is 0 Å². The van der Waals surface area contributed by atoms with E-state index in [4.69, 9.17) is 5.41 Å². The molecule has 1 nitrogen and oxygen atoms in total. The molecule has 2 unspecified atom stereocenters. The van der Waals surface area contributed by atoms with E-state index in [1.165, 1.54) is 25.7 Å². The molecule has 3 aliphatic carbocycles. The van der Waals surface area contributed by atoms with Crippen LogP contribution in [0.2, 0.25) is 0 Å². The summed E-state index contributed by atoms with van der Waals surface area (Å²) in [5.41, 5.74) is 1.05. The molecule has 12 heavy (non-hydrogen) atoms. The molecule has 0 aliphatic heterocycles. The van der Waals surface area contributed by atoms with Gasteiger partial charge in [-0.1, -0.05) is 13.8 Å². The Kier molecular flexibility index (Phi) is 1.97. The summed E-state index contributed by atoms with van der Waals surface area (Å²) in [5.74, 6) is 3.06. The number of hydrogen-bond donors (Lipinski definition) is 1. The summed E-state index contributed by atoms with van der Waals surface area (Å²) in [7, 11) is 0. The third-order valence-electron chi connectivity index (χ3n) is 3.70. The maximum Gasteiger partial charge on any atom is 0.0148 e. The third kappa shape index (κ3) is 1.30. The van der Waals surface area contributed by atoms with Gasteiger partial charge >= 0.3 is 0 Å². The molecule has 0 heterocycles. The van der Waals surface area contributed by atoms with Gasteiger partial charge < -0.3 is 5.41 Å². The first-order valence-corrected chi connectivity index (χ1v) is 5.25. The van der Waals surface area contributed by atoms with Gasteiger partial charge in [0.05, 0.1) is 0 Å². The lowest BCUT2D eigenvalue weighted by Crippen LogP contribution is -2.37. The Morgan fingerprint density at radius 1 is 1.08 bits per heavy atom. The molecule has 1 heteroatoms. The highest BCUT2D eigenvalue weighted by Crippen LogP contribution is 2.43. The number of hydrogen-bond acceptors (Lipinski definition) is 1. The Balaban J connectivity index is 2.06. The van der Waals surface area contributed by atoms with E-state index in [0.29, 0.717) is 11.8 Å². The van der Waals surface area contributed by atoms with E-state index in [9.17, 15) is 0 Å². The van der Waals surface area contributed by atoms with Crippen molar-refractivity contribution < 1.29 is 0 Å². The fourth-order valence-electron chi connectivity index (χ4n) is 2.98. The lowest BCUT2D eigenvalue weighted by molar-refractivity contribution is 0.181. The van der Waals surface area contributed by atoms with Gasteiger partial charge in [0, 0.05) is 5.71 Å². The van der Waals surface area contributed by atoms with Crippen LogP contribution in [0, 0.1) is 29.1 Å². The van der Waals surface area contributed by atoms with Crippen LogP contribution in [0.3, 0.4) is 0 Å². The van der Waals surface area contributed by atoms with Crippen LogP contribution >= 0.6 is 0 Å². The summed E-state index contributed by atoms with van der Waals surface area (Å²) in [6.07, 6.45) is 5.33. The average Bonchev–Trinajstić information content (AvgIpc) is 1.92. The molecule has 3 aliphatic rings. The van der Waals surface area contributed by atoms with Crippen molar-refractivity contribution in [3.63, 3.8) is 0 Å². The normalized spacial score (nSPS) is 47.7. The van der Waals surface area contributed by atoms with E-state index in [-0.39, 0.29) is 0 Å². The minimum absolute atomic E-state index is 0.561. The molecule has 0 aromatic rings. The Hall–Kier alpha value is -0.330. The van der Waals surface area contributed by atoms with Crippen molar-refractivity contribution in [1.82, 2.24) is 0 Å². The summed E-state index contributed by atoms with van der Waals surface area (Å²) in [6.45, 7) is 4.58. The van der Waals surface area contributed by atoms with Crippen molar-refractivity contribution in [1.29, 1.82) is 5.41 Å². The molecule has 1 N–H and O–H groups in total. The zero-order valence-corrected chi connectivity index (χ0v) is 8.14. The third-order valence-corrected chi connectivity index (χ3v) is 3.70. The zero-order valence-electron chi connectivity index (χ0n) is 8.14. The second-order valence-electron chi connectivity index (χ2n) is 4.97. The van der Waals surface area contributed by atoms with Gasteiger partial charge in [-0.15, -0.1) is 0 Å². The van der Waals surface area contributed by atoms with Gasteiger partial charge in [-0.2, -0.15) is 0 Å². The van der Waals surface area contributed by atoms with Gasteiger partial charge in [0.2, 0.25) is 0 Å². The predicted molar refractivity (Wildman–Crippen MR) is 51.5 cm³/mol. The van der Waals surface area contributed by atoms with Crippen LogP contribution in [0.4, 0.5) is 0 Å². The smallest absolute Gasteiger partial charge is 0.0148 e. The molecule has 3 rings (SSSR count). The van der Waals surface area contributed by atoms with Gasteiger partial charge in [-0.05, 0) is 49.4 Å². The monoisotopic (exact) mass is 165 g/mol. The molecular weight excluding hydrogens is 146 g/mol. The van der Waals surface area contributed by atoms with Crippen molar-refractivity contribution >= 4 is 5.71 Å². The largest absolute Gasteiger partial charge is 0.309 e. The van der Waals surface area contributed by atoms with Gasteiger partial charge in [0.1, 0.15) is 0 Å². The minimum Gasteiger partial charge on any atom is -0.309 e. The SMILES string of the molecule is CC1CC2CC(C2)C(=N)C(C)C1. The fourth-order valence-corrected chi connectivity index (χ4v) is 2.98. The van der Waals surface area contributed by atoms with Crippen LogP contribution in [-0.2, 0) is 0 Å². The van der Waals surface area contributed by atoms with Gasteiger partial charge in [-0.25, -0.2) is 0 Å². The van der Waals surface area contributed by atoms with Gasteiger partial charge in [0.15, 0.2) is 0 Å². The molecular formula is C11H19N. The van der Waals surface area contributed by atoms with E-state index >= 15 is 0 Å². The lowest BCUT2D eigenvalue weighted by Gasteiger charge is -2.42. The predicted octanol–water partition coefficient (Wildman–Crippen LogP) is 3.10. The van der Waals surface area contributed by atoms with Crippen molar-refractivity contribution in [3.05, 3.63) is 0 Å².